The normalized spacial score (nSPS) is 10.2. The van der Waals surface area contributed by atoms with Crippen LogP contribution in [0.3, 0.4) is 0 Å². The summed E-state index contributed by atoms with van der Waals surface area (Å²) in [5.74, 6) is 1.44. The van der Waals surface area contributed by atoms with Crippen molar-refractivity contribution < 1.29 is 0 Å². The molecule has 0 N–H and O–H groups in total. The zero-order chi connectivity index (χ0) is 12.1. The van der Waals surface area contributed by atoms with E-state index in [1.807, 2.05) is 37.4 Å². The standard InChI is InChI=1S/C14H15ClN2/c1-17(11-12-6-3-2-4-7-12)14-13(10-15)8-5-9-16-14/h2-9H,10-11H2,1H3. The highest BCUT2D eigenvalue weighted by Crippen LogP contribution is 2.19. The fourth-order valence-corrected chi connectivity index (χ4v) is 2.02. The summed E-state index contributed by atoms with van der Waals surface area (Å²) in [4.78, 5) is 6.51. The molecule has 0 fully saturated rings. The molecule has 0 aliphatic rings. The summed E-state index contributed by atoms with van der Waals surface area (Å²) >= 11 is 5.91. The van der Waals surface area contributed by atoms with E-state index in [9.17, 15) is 0 Å². The summed E-state index contributed by atoms with van der Waals surface area (Å²) in [5.41, 5.74) is 2.33. The minimum Gasteiger partial charge on any atom is -0.355 e. The molecule has 0 unspecified atom stereocenters. The Kier molecular flexibility index (Phi) is 3.99. The van der Waals surface area contributed by atoms with Crippen LogP contribution < -0.4 is 4.90 Å². The number of alkyl halides is 1. The molecule has 0 spiro atoms. The van der Waals surface area contributed by atoms with E-state index < -0.39 is 0 Å². The van der Waals surface area contributed by atoms with Crippen molar-refractivity contribution in [1.82, 2.24) is 4.98 Å². The van der Waals surface area contributed by atoms with Crippen LogP contribution in [0.4, 0.5) is 5.82 Å². The van der Waals surface area contributed by atoms with Crippen molar-refractivity contribution in [3.05, 3.63) is 59.8 Å². The smallest absolute Gasteiger partial charge is 0.132 e. The van der Waals surface area contributed by atoms with E-state index in [-0.39, 0.29) is 0 Å². The van der Waals surface area contributed by atoms with Gasteiger partial charge in [0.05, 0.1) is 5.88 Å². The van der Waals surface area contributed by atoms with Gasteiger partial charge in [-0.25, -0.2) is 4.98 Å². The molecule has 88 valence electrons. The Hall–Kier alpha value is -1.54. The number of pyridine rings is 1. The number of hydrogen-bond acceptors (Lipinski definition) is 2. The Labute approximate surface area is 107 Å². The van der Waals surface area contributed by atoms with Crippen LogP contribution in [-0.4, -0.2) is 12.0 Å². The quantitative estimate of drug-likeness (QED) is 0.768. The number of benzene rings is 1. The van der Waals surface area contributed by atoms with Crippen LogP contribution in [0.25, 0.3) is 0 Å². The summed E-state index contributed by atoms with van der Waals surface area (Å²) in [6, 6.07) is 14.3. The van der Waals surface area contributed by atoms with Gasteiger partial charge >= 0.3 is 0 Å². The topological polar surface area (TPSA) is 16.1 Å². The Morgan fingerprint density at radius 3 is 2.59 bits per heavy atom. The van der Waals surface area contributed by atoms with E-state index >= 15 is 0 Å². The van der Waals surface area contributed by atoms with Gasteiger partial charge in [-0.05, 0) is 11.6 Å². The van der Waals surface area contributed by atoms with Crippen LogP contribution >= 0.6 is 11.6 Å². The van der Waals surface area contributed by atoms with Gasteiger partial charge < -0.3 is 4.90 Å². The molecule has 1 aromatic carbocycles. The molecule has 0 saturated heterocycles. The Balaban J connectivity index is 2.17. The maximum absolute atomic E-state index is 5.91. The molecule has 17 heavy (non-hydrogen) atoms. The summed E-state index contributed by atoms with van der Waals surface area (Å²) in [6.07, 6.45) is 1.80. The van der Waals surface area contributed by atoms with E-state index in [1.165, 1.54) is 5.56 Å². The van der Waals surface area contributed by atoms with E-state index in [0.717, 1.165) is 17.9 Å². The lowest BCUT2D eigenvalue weighted by atomic mass is 10.2. The molecular weight excluding hydrogens is 232 g/mol. The molecule has 1 heterocycles. The van der Waals surface area contributed by atoms with Crippen molar-refractivity contribution in [1.29, 1.82) is 0 Å². The molecule has 0 radical (unpaired) electrons. The second-order valence-corrected chi connectivity index (χ2v) is 4.23. The van der Waals surface area contributed by atoms with Gasteiger partial charge in [-0.1, -0.05) is 36.4 Å². The lowest BCUT2D eigenvalue weighted by molar-refractivity contribution is 0.889. The molecule has 0 saturated carbocycles. The Morgan fingerprint density at radius 2 is 1.88 bits per heavy atom. The van der Waals surface area contributed by atoms with Crippen molar-refractivity contribution >= 4 is 17.4 Å². The van der Waals surface area contributed by atoms with Gasteiger partial charge in [0.1, 0.15) is 5.82 Å². The van der Waals surface area contributed by atoms with Gasteiger partial charge in [0.25, 0.3) is 0 Å². The van der Waals surface area contributed by atoms with Gasteiger partial charge in [-0.3, -0.25) is 0 Å². The first-order valence-corrected chi connectivity index (χ1v) is 6.09. The third-order valence-electron chi connectivity index (χ3n) is 2.64. The third kappa shape index (κ3) is 2.98. The minimum atomic E-state index is 0.488. The van der Waals surface area contributed by atoms with E-state index in [0.29, 0.717) is 5.88 Å². The first-order chi connectivity index (χ1) is 8.31. The highest BCUT2D eigenvalue weighted by molar-refractivity contribution is 6.17. The number of hydrogen-bond donors (Lipinski definition) is 0. The molecule has 0 amide bonds. The molecule has 0 atom stereocenters. The first-order valence-electron chi connectivity index (χ1n) is 5.56. The minimum absolute atomic E-state index is 0.488. The van der Waals surface area contributed by atoms with Crippen molar-refractivity contribution in [2.24, 2.45) is 0 Å². The first kappa shape index (κ1) is 11.9. The predicted molar refractivity (Wildman–Crippen MR) is 72.3 cm³/mol. The van der Waals surface area contributed by atoms with Crippen LogP contribution in [0, 0.1) is 0 Å². The lowest BCUT2D eigenvalue weighted by Crippen LogP contribution is -2.19. The molecule has 2 nitrogen and oxygen atoms in total. The fourth-order valence-electron chi connectivity index (χ4n) is 1.81. The fraction of sp³-hybridized carbons (Fsp3) is 0.214. The molecule has 0 aliphatic carbocycles. The second kappa shape index (κ2) is 5.69. The van der Waals surface area contributed by atoms with E-state index in [4.69, 9.17) is 11.6 Å². The van der Waals surface area contributed by atoms with Gasteiger partial charge in [0, 0.05) is 25.4 Å². The second-order valence-electron chi connectivity index (χ2n) is 3.96. The third-order valence-corrected chi connectivity index (χ3v) is 2.92. The van der Waals surface area contributed by atoms with Crippen LogP contribution in [-0.2, 0) is 12.4 Å². The van der Waals surface area contributed by atoms with Crippen molar-refractivity contribution in [2.45, 2.75) is 12.4 Å². The Morgan fingerprint density at radius 1 is 1.12 bits per heavy atom. The average Bonchev–Trinajstić information content (AvgIpc) is 2.40. The van der Waals surface area contributed by atoms with Crippen molar-refractivity contribution in [3.63, 3.8) is 0 Å². The summed E-state index contributed by atoms with van der Waals surface area (Å²) < 4.78 is 0. The van der Waals surface area contributed by atoms with E-state index in [2.05, 4.69) is 22.0 Å². The zero-order valence-corrected chi connectivity index (χ0v) is 10.6. The Bertz CT molecular complexity index is 471. The predicted octanol–water partition coefficient (Wildman–Crippen LogP) is 3.46. The summed E-state index contributed by atoms with van der Waals surface area (Å²) in [6.45, 7) is 0.835. The number of halogens is 1. The molecular formula is C14H15ClN2. The average molecular weight is 247 g/mol. The van der Waals surface area contributed by atoms with Gasteiger partial charge in [-0.15, -0.1) is 11.6 Å². The molecule has 2 aromatic rings. The molecule has 0 aliphatic heterocycles. The van der Waals surface area contributed by atoms with Crippen molar-refractivity contribution in [3.8, 4) is 0 Å². The van der Waals surface area contributed by atoms with Crippen LogP contribution in [0.1, 0.15) is 11.1 Å². The van der Waals surface area contributed by atoms with Gasteiger partial charge in [0.15, 0.2) is 0 Å². The zero-order valence-electron chi connectivity index (χ0n) is 9.81. The highest BCUT2D eigenvalue weighted by Gasteiger charge is 2.07. The molecule has 1 aromatic heterocycles. The number of nitrogens with zero attached hydrogens (tertiary/aromatic N) is 2. The monoisotopic (exact) mass is 246 g/mol. The summed E-state index contributed by atoms with van der Waals surface area (Å²) in [5, 5.41) is 0. The highest BCUT2D eigenvalue weighted by atomic mass is 35.5. The maximum Gasteiger partial charge on any atom is 0.132 e. The van der Waals surface area contributed by atoms with Crippen LogP contribution in [0.5, 0.6) is 0 Å². The van der Waals surface area contributed by atoms with Gasteiger partial charge in [0.2, 0.25) is 0 Å². The molecule has 0 bridgehead atoms. The lowest BCUT2D eigenvalue weighted by Gasteiger charge is -2.20. The molecule has 3 heteroatoms. The summed E-state index contributed by atoms with van der Waals surface area (Å²) in [7, 11) is 2.03. The van der Waals surface area contributed by atoms with Crippen molar-refractivity contribution in [2.75, 3.05) is 11.9 Å². The molecule has 2 rings (SSSR count). The SMILES string of the molecule is CN(Cc1ccccc1)c1ncccc1CCl. The largest absolute Gasteiger partial charge is 0.355 e. The number of rotatable bonds is 4. The number of anilines is 1. The van der Waals surface area contributed by atoms with Gasteiger partial charge in [-0.2, -0.15) is 0 Å². The maximum atomic E-state index is 5.91. The van der Waals surface area contributed by atoms with E-state index in [1.54, 1.807) is 6.20 Å². The van der Waals surface area contributed by atoms with Crippen LogP contribution in [0.2, 0.25) is 0 Å². The number of aromatic nitrogens is 1. The van der Waals surface area contributed by atoms with Crippen LogP contribution in [0.15, 0.2) is 48.7 Å².